The maximum atomic E-state index is 11.4. The highest BCUT2D eigenvalue weighted by atomic mass is 16.5. The lowest BCUT2D eigenvalue weighted by Crippen LogP contribution is -2.48. The molecule has 0 aromatic heterocycles. The summed E-state index contributed by atoms with van der Waals surface area (Å²) < 4.78 is 4.28. The van der Waals surface area contributed by atoms with Crippen molar-refractivity contribution >= 4 is 17.8 Å². The zero-order chi connectivity index (χ0) is 13.6. The number of methoxy groups -OCH3 is 1. The number of carboxylic acids is 1. The van der Waals surface area contributed by atoms with Crippen LogP contribution in [0.4, 0.5) is 0 Å². The van der Waals surface area contributed by atoms with Crippen LogP contribution in [0.15, 0.2) is 0 Å². The van der Waals surface area contributed by atoms with Gasteiger partial charge in [0.1, 0.15) is 12.1 Å². The molecule has 7 heteroatoms. The number of esters is 1. The molecule has 0 aliphatic rings. The number of carboxylic acid groups (broad SMARTS) is 1. The summed E-state index contributed by atoms with van der Waals surface area (Å²) in [5, 5.41) is 20.3. The molecule has 0 aromatic carbocycles. The Balaban J connectivity index is 4.41. The third-order valence-corrected chi connectivity index (χ3v) is 2.12. The molecule has 2 atom stereocenters. The van der Waals surface area contributed by atoms with Gasteiger partial charge < -0.3 is 20.3 Å². The molecule has 0 radical (unpaired) electrons. The van der Waals surface area contributed by atoms with Crippen molar-refractivity contribution in [2.45, 2.75) is 32.4 Å². The quantitative estimate of drug-likeness (QED) is 0.526. The standard InChI is InChI=1S/C10H17NO6/c1-5(2)8(10(15)16)11-9(14)6(12)4-7(13)17-3/h5-6,8,12H,4H2,1-3H3,(H,11,14)(H,15,16). The summed E-state index contributed by atoms with van der Waals surface area (Å²) >= 11 is 0. The van der Waals surface area contributed by atoms with Crippen molar-refractivity contribution in [1.82, 2.24) is 5.32 Å². The molecule has 2 unspecified atom stereocenters. The number of nitrogens with one attached hydrogen (secondary N) is 1. The predicted octanol–water partition coefficient (Wildman–Crippen LogP) is -0.864. The molecule has 0 aromatic rings. The van der Waals surface area contributed by atoms with E-state index >= 15 is 0 Å². The second kappa shape index (κ2) is 6.85. The van der Waals surface area contributed by atoms with Gasteiger partial charge in [0.25, 0.3) is 0 Å². The molecule has 0 saturated carbocycles. The second-order valence-corrected chi connectivity index (χ2v) is 3.86. The SMILES string of the molecule is COC(=O)CC(O)C(=O)NC(C(=O)O)C(C)C. The normalized spacial score (nSPS) is 13.9. The molecule has 0 aliphatic carbocycles. The predicted molar refractivity (Wildman–Crippen MR) is 57.0 cm³/mol. The van der Waals surface area contributed by atoms with E-state index < -0.39 is 36.4 Å². The summed E-state index contributed by atoms with van der Waals surface area (Å²) in [6, 6.07) is -1.10. The highest BCUT2D eigenvalue weighted by molar-refractivity contribution is 5.88. The Labute approximate surface area is 98.8 Å². The minimum atomic E-state index is -1.61. The molecule has 1 amide bonds. The van der Waals surface area contributed by atoms with Crippen LogP contribution in [-0.2, 0) is 19.1 Å². The fourth-order valence-electron chi connectivity index (χ4n) is 1.10. The summed E-state index contributed by atoms with van der Waals surface area (Å²) in [6.45, 7) is 3.23. The number of hydrogen-bond donors (Lipinski definition) is 3. The Morgan fingerprint density at radius 1 is 1.29 bits per heavy atom. The molecular formula is C10H17NO6. The lowest BCUT2D eigenvalue weighted by atomic mass is 10.0. The van der Waals surface area contributed by atoms with E-state index in [0.29, 0.717) is 0 Å². The van der Waals surface area contributed by atoms with Gasteiger partial charge in [0.15, 0.2) is 0 Å². The van der Waals surface area contributed by atoms with E-state index in [2.05, 4.69) is 10.1 Å². The Hall–Kier alpha value is -1.63. The summed E-state index contributed by atoms with van der Waals surface area (Å²) in [5.41, 5.74) is 0. The van der Waals surface area contributed by atoms with E-state index in [4.69, 9.17) is 5.11 Å². The molecule has 17 heavy (non-hydrogen) atoms. The lowest BCUT2D eigenvalue weighted by molar-refractivity contribution is -0.148. The van der Waals surface area contributed by atoms with Gasteiger partial charge in [-0.1, -0.05) is 13.8 Å². The summed E-state index contributed by atoms with van der Waals surface area (Å²) in [4.78, 5) is 33.0. The van der Waals surface area contributed by atoms with Crippen LogP contribution in [0.1, 0.15) is 20.3 Å². The molecule has 0 rings (SSSR count). The van der Waals surface area contributed by atoms with E-state index in [9.17, 15) is 19.5 Å². The average Bonchev–Trinajstić information content (AvgIpc) is 2.23. The minimum absolute atomic E-state index is 0.332. The minimum Gasteiger partial charge on any atom is -0.480 e. The number of aliphatic hydroxyl groups excluding tert-OH is 1. The second-order valence-electron chi connectivity index (χ2n) is 3.86. The molecule has 7 nitrogen and oxygen atoms in total. The molecule has 0 spiro atoms. The van der Waals surface area contributed by atoms with Crippen molar-refractivity contribution < 1.29 is 29.3 Å². The highest BCUT2D eigenvalue weighted by Gasteiger charge is 2.27. The number of amides is 1. The third kappa shape index (κ3) is 5.30. The molecule has 0 aliphatic heterocycles. The van der Waals surface area contributed by atoms with Crippen molar-refractivity contribution in [3.05, 3.63) is 0 Å². The number of rotatable bonds is 6. The van der Waals surface area contributed by atoms with Crippen molar-refractivity contribution in [2.24, 2.45) is 5.92 Å². The first kappa shape index (κ1) is 15.4. The van der Waals surface area contributed by atoms with Gasteiger partial charge in [-0.3, -0.25) is 9.59 Å². The maximum absolute atomic E-state index is 11.4. The summed E-state index contributed by atoms with van der Waals surface area (Å²) in [5.74, 6) is -3.18. The van der Waals surface area contributed by atoms with E-state index in [1.54, 1.807) is 13.8 Å². The zero-order valence-corrected chi connectivity index (χ0v) is 9.97. The van der Waals surface area contributed by atoms with E-state index in [1.165, 1.54) is 0 Å². The van der Waals surface area contributed by atoms with E-state index in [1.807, 2.05) is 0 Å². The van der Waals surface area contributed by atoms with Gasteiger partial charge >= 0.3 is 11.9 Å². The first-order valence-electron chi connectivity index (χ1n) is 5.07. The molecule has 0 saturated heterocycles. The summed E-state index contributed by atoms with van der Waals surface area (Å²) in [6.07, 6.45) is -2.12. The number of hydrogen-bond acceptors (Lipinski definition) is 5. The summed E-state index contributed by atoms with van der Waals surface area (Å²) in [7, 11) is 1.13. The Kier molecular flexibility index (Phi) is 6.19. The smallest absolute Gasteiger partial charge is 0.326 e. The fourth-order valence-corrected chi connectivity index (χ4v) is 1.10. The maximum Gasteiger partial charge on any atom is 0.326 e. The monoisotopic (exact) mass is 247 g/mol. The highest BCUT2D eigenvalue weighted by Crippen LogP contribution is 2.03. The van der Waals surface area contributed by atoms with Gasteiger partial charge in [0.05, 0.1) is 13.5 Å². The van der Waals surface area contributed by atoms with Crippen LogP contribution in [0, 0.1) is 5.92 Å². The van der Waals surface area contributed by atoms with Gasteiger partial charge in [-0.15, -0.1) is 0 Å². The number of carbonyl (C=O) groups is 3. The topological polar surface area (TPSA) is 113 Å². The van der Waals surface area contributed by atoms with Gasteiger partial charge in [-0.2, -0.15) is 0 Å². The van der Waals surface area contributed by atoms with Crippen molar-refractivity contribution in [2.75, 3.05) is 7.11 Å². The van der Waals surface area contributed by atoms with Crippen LogP contribution in [0.5, 0.6) is 0 Å². The van der Waals surface area contributed by atoms with Gasteiger partial charge in [0, 0.05) is 0 Å². The van der Waals surface area contributed by atoms with Crippen LogP contribution in [0.2, 0.25) is 0 Å². The molecule has 0 heterocycles. The molecule has 0 fully saturated rings. The van der Waals surface area contributed by atoms with Gasteiger partial charge in [0.2, 0.25) is 5.91 Å². The zero-order valence-electron chi connectivity index (χ0n) is 9.97. The Bertz CT molecular complexity index is 301. The van der Waals surface area contributed by atoms with Crippen LogP contribution >= 0.6 is 0 Å². The number of aliphatic hydroxyl groups is 1. The van der Waals surface area contributed by atoms with E-state index in [0.717, 1.165) is 7.11 Å². The number of ether oxygens (including phenoxy) is 1. The largest absolute Gasteiger partial charge is 0.480 e. The van der Waals surface area contributed by atoms with E-state index in [-0.39, 0.29) is 5.92 Å². The van der Waals surface area contributed by atoms with Gasteiger partial charge in [-0.05, 0) is 5.92 Å². The van der Waals surface area contributed by atoms with Crippen LogP contribution in [0.3, 0.4) is 0 Å². The average molecular weight is 247 g/mol. The first-order valence-corrected chi connectivity index (χ1v) is 5.07. The molecule has 98 valence electrons. The van der Waals surface area contributed by atoms with Crippen molar-refractivity contribution in [3.63, 3.8) is 0 Å². The number of aliphatic carboxylic acids is 1. The Morgan fingerprint density at radius 2 is 1.82 bits per heavy atom. The molecular weight excluding hydrogens is 230 g/mol. The fraction of sp³-hybridized carbons (Fsp3) is 0.700. The van der Waals surface area contributed by atoms with Gasteiger partial charge in [-0.25, -0.2) is 4.79 Å². The van der Waals surface area contributed by atoms with Crippen LogP contribution in [0.25, 0.3) is 0 Å². The molecule has 0 bridgehead atoms. The Morgan fingerprint density at radius 3 is 2.18 bits per heavy atom. The molecule has 3 N–H and O–H groups in total. The van der Waals surface area contributed by atoms with Crippen molar-refractivity contribution in [1.29, 1.82) is 0 Å². The lowest BCUT2D eigenvalue weighted by Gasteiger charge is -2.19. The number of carbonyl (C=O) groups excluding carboxylic acids is 2. The van der Waals surface area contributed by atoms with Crippen LogP contribution < -0.4 is 5.32 Å². The van der Waals surface area contributed by atoms with Crippen LogP contribution in [-0.4, -0.2) is 47.3 Å². The first-order chi connectivity index (χ1) is 7.79. The van der Waals surface area contributed by atoms with Crippen molar-refractivity contribution in [3.8, 4) is 0 Å². The third-order valence-electron chi connectivity index (χ3n) is 2.12.